The molecule has 0 bridgehead atoms. The Morgan fingerprint density at radius 1 is 1.16 bits per heavy atom. The predicted octanol–water partition coefficient (Wildman–Crippen LogP) is 1.81. The van der Waals surface area contributed by atoms with Crippen LogP contribution < -0.4 is 10.6 Å². The van der Waals surface area contributed by atoms with Crippen LogP contribution in [0.2, 0.25) is 0 Å². The van der Waals surface area contributed by atoms with Crippen LogP contribution in [0, 0.1) is 0 Å². The molecule has 0 spiro atoms. The van der Waals surface area contributed by atoms with Crippen molar-refractivity contribution in [1.29, 1.82) is 0 Å². The first-order valence-electron chi connectivity index (χ1n) is 6.32. The molecular weight excluding hydrogens is 260 g/mol. The molecule has 2 amide bonds. The highest BCUT2D eigenvalue weighted by Gasteiger charge is 2.06. The molecular formula is C14H20N2O2S. The van der Waals surface area contributed by atoms with Crippen molar-refractivity contribution in [2.75, 3.05) is 12.3 Å². The van der Waals surface area contributed by atoms with Crippen molar-refractivity contribution in [2.24, 2.45) is 0 Å². The first kappa shape index (κ1) is 15.6. The second kappa shape index (κ2) is 8.58. The Bertz CT molecular complexity index is 407. The number of rotatable bonds is 7. The Morgan fingerprint density at radius 3 is 2.47 bits per heavy atom. The Kier molecular flexibility index (Phi) is 7.03. The summed E-state index contributed by atoms with van der Waals surface area (Å²) < 4.78 is 0. The minimum atomic E-state index is -0.154. The van der Waals surface area contributed by atoms with E-state index in [1.165, 1.54) is 0 Å². The Morgan fingerprint density at radius 2 is 1.84 bits per heavy atom. The largest absolute Gasteiger partial charge is 0.352 e. The maximum atomic E-state index is 11.5. The van der Waals surface area contributed by atoms with Crippen LogP contribution in [0.15, 0.2) is 35.2 Å². The van der Waals surface area contributed by atoms with Gasteiger partial charge in [-0.15, -0.1) is 11.8 Å². The molecule has 19 heavy (non-hydrogen) atoms. The van der Waals surface area contributed by atoms with Crippen molar-refractivity contribution in [2.45, 2.75) is 31.2 Å². The number of amides is 2. The van der Waals surface area contributed by atoms with Crippen LogP contribution in [0.3, 0.4) is 0 Å². The van der Waals surface area contributed by atoms with E-state index in [-0.39, 0.29) is 24.4 Å². The molecule has 0 atom stereocenters. The first-order valence-corrected chi connectivity index (χ1v) is 7.30. The zero-order valence-electron chi connectivity index (χ0n) is 11.3. The molecule has 0 aliphatic heterocycles. The number of carbonyl (C=O) groups is 2. The van der Waals surface area contributed by atoms with Gasteiger partial charge in [0.2, 0.25) is 11.8 Å². The maximum Gasteiger partial charge on any atom is 0.239 e. The SMILES string of the molecule is CC(C)NC(=O)CNC(=O)CCSc1ccccc1. The summed E-state index contributed by atoms with van der Waals surface area (Å²) in [4.78, 5) is 24.0. The van der Waals surface area contributed by atoms with Crippen LogP contribution in [0.1, 0.15) is 20.3 Å². The lowest BCUT2D eigenvalue weighted by Crippen LogP contribution is -2.39. The van der Waals surface area contributed by atoms with Gasteiger partial charge in [0.1, 0.15) is 0 Å². The molecule has 0 aliphatic carbocycles. The maximum absolute atomic E-state index is 11.5. The highest BCUT2D eigenvalue weighted by molar-refractivity contribution is 7.99. The van der Waals surface area contributed by atoms with Crippen molar-refractivity contribution < 1.29 is 9.59 Å². The van der Waals surface area contributed by atoms with Crippen LogP contribution >= 0.6 is 11.8 Å². The van der Waals surface area contributed by atoms with Crippen LogP contribution in [0.5, 0.6) is 0 Å². The summed E-state index contributed by atoms with van der Waals surface area (Å²) in [6, 6.07) is 10.0. The fraction of sp³-hybridized carbons (Fsp3) is 0.429. The summed E-state index contributed by atoms with van der Waals surface area (Å²) in [5, 5.41) is 5.33. The fourth-order valence-corrected chi connectivity index (χ4v) is 2.29. The van der Waals surface area contributed by atoms with Gasteiger partial charge in [-0.2, -0.15) is 0 Å². The van der Waals surface area contributed by atoms with Gasteiger partial charge in [0, 0.05) is 23.1 Å². The van der Waals surface area contributed by atoms with E-state index >= 15 is 0 Å². The molecule has 0 radical (unpaired) electrons. The zero-order valence-corrected chi connectivity index (χ0v) is 12.1. The lowest BCUT2D eigenvalue weighted by atomic mass is 10.4. The van der Waals surface area contributed by atoms with Gasteiger partial charge in [0.05, 0.1) is 6.54 Å². The van der Waals surface area contributed by atoms with E-state index in [9.17, 15) is 9.59 Å². The van der Waals surface area contributed by atoms with E-state index in [0.717, 1.165) is 4.90 Å². The number of carbonyl (C=O) groups excluding carboxylic acids is 2. The van der Waals surface area contributed by atoms with Crippen molar-refractivity contribution in [3.63, 3.8) is 0 Å². The van der Waals surface area contributed by atoms with E-state index in [4.69, 9.17) is 0 Å². The highest BCUT2D eigenvalue weighted by atomic mass is 32.2. The number of hydrogen-bond acceptors (Lipinski definition) is 3. The van der Waals surface area contributed by atoms with E-state index in [1.807, 2.05) is 44.2 Å². The summed E-state index contributed by atoms with van der Waals surface area (Å²) >= 11 is 1.63. The average Bonchev–Trinajstić information content (AvgIpc) is 2.37. The third-order valence-electron chi connectivity index (χ3n) is 2.24. The summed E-state index contributed by atoms with van der Waals surface area (Å²) in [7, 11) is 0. The van der Waals surface area contributed by atoms with Crippen LogP contribution in [0.25, 0.3) is 0 Å². The number of thioether (sulfide) groups is 1. The Hall–Kier alpha value is -1.49. The monoisotopic (exact) mass is 280 g/mol. The summed E-state index contributed by atoms with van der Waals surface area (Å²) in [5.74, 6) is 0.461. The fourth-order valence-electron chi connectivity index (χ4n) is 1.42. The highest BCUT2D eigenvalue weighted by Crippen LogP contribution is 2.17. The summed E-state index contributed by atoms with van der Waals surface area (Å²) in [5.41, 5.74) is 0. The van der Waals surface area contributed by atoms with Crippen molar-refractivity contribution in [3.05, 3.63) is 30.3 Å². The van der Waals surface area contributed by atoms with Gasteiger partial charge in [0.15, 0.2) is 0 Å². The van der Waals surface area contributed by atoms with Gasteiger partial charge in [-0.1, -0.05) is 18.2 Å². The van der Waals surface area contributed by atoms with E-state index < -0.39 is 0 Å². The second-order valence-corrected chi connectivity index (χ2v) is 5.58. The molecule has 0 aliphatic rings. The zero-order chi connectivity index (χ0) is 14.1. The van der Waals surface area contributed by atoms with Gasteiger partial charge in [-0.05, 0) is 26.0 Å². The molecule has 1 aromatic carbocycles. The molecule has 0 fully saturated rings. The van der Waals surface area contributed by atoms with Gasteiger partial charge in [0.25, 0.3) is 0 Å². The van der Waals surface area contributed by atoms with Gasteiger partial charge in [-0.25, -0.2) is 0 Å². The molecule has 1 rings (SSSR count). The lowest BCUT2D eigenvalue weighted by molar-refractivity contribution is -0.126. The van der Waals surface area contributed by atoms with E-state index in [0.29, 0.717) is 12.2 Å². The first-order chi connectivity index (χ1) is 9.08. The van der Waals surface area contributed by atoms with E-state index in [2.05, 4.69) is 10.6 Å². The number of nitrogens with one attached hydrogen (secondary N) is 2. The topological polar surface area (TPSA) is 58.2 Å². The van der Waals surface area contributed by atoms with E-state index in [1.54, 1.807) is 11.8 Å². The molecule has 5 heteroatoms. The summed E-state index contributed by atoms with van der Waals surface area (Å²) in [6.45, 7) is 3.82. The second-order valence-electron chi connectivity index (χ2n) is 4.41. The van der Waals surface area contributed by atoms with Crippen LogP contribution in [0.4, 0.5) is 0 Å². The van der Waals surface area contributed by atoms with Gasteiger partial charge >= 0.3 is 0 Å². The minimum absolute atomic E-state index is 0.0486. The lowest BCUT2D eigenvalue weighted by Gasteiger charge is -2.09. The molecule has 0 saturated carbocycles. The molecule has 0 unspecified atom stereocenters. The quantitative estimate of drug-likeness (QED) is 0.749. The molecule has 1 aromatic rings. The summed E-state index contributed by atoms with van der Waals surface area (Å²) in [6.07, 6.45) is 0.411. The minimum Gasteiger partial charge on any atom is -0.352 e. The van der Waals surface area contributed by atoms with Gasteiger partial charge < -0.3 is 10.6 Å². The predicted molar refractivity (Wildman–Crippen MR) is 78.1 cm³/mol. The third kappa shape index (κ3) is 7.51. The molecule has 2 N–H and O–H groups in total. The van der Waals surface area contributed by atoms with Crippen LogP contribution in [-0.2, 0) is 9.59 Å². The standard InChI is InChI=1S/C14H20N2O2S/c1-11(2)16-14(18)10-15-13(17)8-9-19-12-6-4-3-5-7-12/h3-7,11H,8-10H2,1-2H3,(H,15,17)(H,16,18). The third-order valence-corrected chi connectivity index (χ3v) is 3.25. The Balaban J connectivity index is 2.13. The molecule has 0 heterocycles. The molecule has 4 nitrogen and oxygen atoms in total. The molecule has 0 aromatic heterocycles. The average molecular weight is 280 g/mol. The molecule has 0 saturated heterocycles. The number of hydrogen-bond donors (Lipinski definition) is 2. The van der Waals surface area contributed by atoms with Crippen molar-refractivity contribution in [3.8, 4) is 0 Å². The van der Waals surface area contributed by atoms with Crippen molar-refractivity contribution in [1.82, 2.24) is 10.6 Å². The van der Waals surface area contributed by atoms with Gasteiger partial charge in [-0.3, -0.25) is 9.59 Å². The normalized spacial score (nSPS) is 10.3. The van der Waals surface area contributed by atoms with Crippen LogP contribution in [-0.4, -0.2) is 30.2 Å². The Labute approximate surface area is 118 Å². The molecule has 104 valence electrons. The smallest absolute Gasteiger partial charge is 0.239 e. The number of benzene rings is 1. The van der Waals surface area contributed by atoms with Crippen molar-refractivity contribution >= 4 is 23.6 Å².